The molecule has 3 nitrogen and oxygen atoms in total. The smallest absolute Gasteiger partial charge is 0.167 e. The molecule has 1 fully saturated rings. The topological polar surface area (TPSA) is 33.3 Å². The lowest BCUT2D eigenvalue weighted by Crippen LogP contribution is -2.31. The van der Waals surface area contributed by atoms with Crippen LogP contribution < -0.4 is 15.4 Å². The van der Waals surface area contributed by atoms with Crippen molar-refractivity contribution in [3.63, 3.8) is 0 Å². The lowest BCUT2D eigenvalue weighted by Gasteiger charge is -2.23. The van der Waals surface area contributed by atoms with Gasteiger partial charge < -0.3 is 15.4 Å². The van der Waals surface area contributed by atoms with Crippen LogP contribution in [0, 0.1) is 11.7 Å². The van der Waals surface area contributed by atoms with E-state index in [1.165, 1.54) is 26.0 Å². The molecule has 1 aliphatic rings. The predicted molar refractivity (Wildman–Crippen MR) is 67.0 cm³/mol. The molecule has 4 heteroatoms. The maximum Gasteiger partial charge on any atom is 0.167 e. The summed E-state index contributed by atoms with van der Waals surface area (Å²) < 4.78 is 18.3. The zero-order valence-electron chi connectivity index (χ0n) is 10.1. The molecule has 1 aliphatic heterocycles. The summed E-state index contributed by atoms with van der Waals surface area (Å²) in [6.07, 6.45) is 2.37. The summed E-state index contributed by atoms with van der Waals surface area (Å²) in [5.41, 5.74) is 0.821. The monoisotopic (exact) mass is 238 g/mol. The zero-order valence-corrected chi connectivity index (χ0v) is 10.1. The Kier molecular flexibility index (Phi) is 4.20. The van der Waals surface area contributed by atoms with Gasteiger partial charge in [0.15, 0.2) is 11.6 Å². The third-order valence-electron chi connectivity index (χ3n) is 3.21. The molecule has 1 saturated heterocycles. The Morgan fingerprint density at radius 2 is 2.18 bits per heavy atom. The fourth-order valence-electron chi connectivity index (χ4n) is 2.12. The number of nitrogens with one attached hydrogen (secondary N) is 2. The van der Waals surface area contributed by atoms with Gasteiger partial charge >= 0.3 is 0 Å². The standard InChI is InChI=1S/C13H19FN2O/c1-17-13-3-2-11(8-12(13)14)16-9-10-4-6-15-7-5-10/h2-3,8,10,15-16H,4-7,9H2,1H3. The van der Waals surface area contributed by atoms with Gasteiger partial charge in [-0.2, -0.15) is 0 Å². The predicted octanol–water partition coefficient (Wildman–Crippen LogP) is 2.25. The highest BCUT2D eigenvalue weighted by molar-refractivity contribution is 5.47. The Morgan fingerprint density at radius 1 is 1.41 bits per heavy atom. The van der Waals surface area contributed by atoms with Crippen LogP contribution in [0.25, 0.3) is 0 Å². The second-order valence-electron chi connectivity index (χ2n) is 4.42. The fourth-order valence-corrected chi connectivity index (χ4v) is 2.12. The van der Waals surface area contributed by atoms with Crippen molar-refractivity contribution in [1.82, 2.24) is 5.32 Å². The van der Waals surface area contributed by atoms with Crippen LogP contribution in [-0.2, 0) is 0 Å². The van der Waals surface area contributed by atoms with Crippen LogP contribution in [0.5, 0.6) is 5.75 Å². The van der Waals surface area contributed by atoms with E-state index >= 15 is 0 Å². The molecule has 0 bridgehead atoms. The molecule has 17 heavy (non-hydrogen) atoms. The van der Waals surface area contributed by atoms with Crippen molar-refractivity contribution >= 4 is 5.69 Å². The highest BCUT2D eigenvalue weighted by atomic mass is 19.1. The minimum Gasteiger partial charge on any atom is -0.494 e. The van der Waals surface area contributed by atoms with Gasteiger partial charge in [-0.25, -0.2) is 4.39 Å². The maximum atomic E-state index is 13.4. The normalized spacial score (nSPS) is 16.8. The molecule has 2 N–H and O–H groups in total. The van der Waals surface area contributed by atoms with Gasteiger partial charge in [0.05, 0.1) is 7.11 Å². The van der Waals surface area contributed by atoms with Gasteiger partial charge in [-0.1, -0.05) is 0 Å². The molecule has 1 aromatic rings. The number of ether oxygens (including phenoxy) is 1. The van der Waals surface area contributed by atoms with E-state index < -0.39 is 0 Å². The van der Waals surface area contributed by atoms with E-state index in [-0.39, 0.29) is 11.6 Å². The Balaban J connectivity index is 1.87. The molecule has 0 atom stereocenters. The minimum atomic E-state index is -0.317. The third kappa shape index (κ3) is 3.33. The average Bonchev–Trinajstić information content (AvgIpc) is 2.38. The van der Waals surface area contributed by atoms with Crippen LogP contribution in [0.3, 0.4) is 0 Å². The first kappa shape index (κ1) is 12.2. The summed E-state index contributed by atoms with van der Waals surface area (Å²) in [7, 11) is 1.47. The van der Waals surface area contributed by atoms with Crippen molar-refractivity contribution in [2.24, 2.45) is 5.92 Å². The Morgan fingerprint density at radius 3 is 2.82 bits per heavy atom. The molecule has 0 spiro atoms. The minimum absolute atomic E-state index is 0.289. The van der Waals surface area contributed by atoms with E-state index in [0.29, 0.717) is 5.92 Å². The van der Waals surface area contributed by atoms with Gasteiger partial charge in [0.2, 0.25) is 0 Å². The number of hydrogen-bond acceptors (Lipinski definition) is 3. The van der Waals surface area contributed by atoms with E-state index in [1.54, 1.807) is 6.07 Å². The maximum absolute atomic E-state index is 13.4. The van der Waals surface area contributed by atoms with Crippen LogP contribution in [0.15, 0.2) is 18.2 Å². The number of piperidine rings is 1. The van der Waals surface area contributed by atoms with Gasteiger partial charge in [0, 0.05) is 18.3 Å². The Labute approximate surface area is 101 Å². The van der Waals surface area contributed by atoms with Gasteiger partial charge in [-0.3, -0.25) is 0 Å². The van der Waals surface area contributed by atoms with Crippen molar-refractivity contribution in [3.05, 3.63) is 24.0 Å². The van der Waals surface area contributed by atoms with E-state index in [2.05, 4.69) is 10.6 Å². The number of anilines is 1. The third-order valence-corrected chi connectivity index (χ3v) is 3.21. The summed E-state index contributed by atoms with van der Waals surface area (Å²) in [5.74, 6) is 0.654. The highest BCUT2D eigenvalue weighted by Crippen LogP contribution is 2.21. The van der Waals surface area contributed by atoms with E-state index in [4.69, 9.17) is 4.74 Å². The number of halogens is 1. The molecule has 1 heterocycles. The van der Waals surface area contributed by atoms with Crippen molar-refractivity contribution in [2.45, 2.75) is 12.8 Å². The molecule has 1 aromatic carbocycles. The summed E-state index contributed by atoms with van der Waals surface area (Å²) in [6, 6.07) is 4.99. The number of methoxy groups -OCH3 is 1. The van der Waals surface area contributed by atoms with Crippen LogP contribution in [0.2, 0.25) is 0 Å². The first-order chi connectivity index (χ1) is 8.29. The van der Waals surface area contributed by atoms with Crippen LogP contribution >= 0.6 is 0 Å². The van der Waals surface area contributed by atoms with E-state index in [1.807, 2.05) is 6.07 Å². The molecule has 94 valence electrons. The second-order valence-corrected chi connectivity index (χ2v) is 4.42. The summed E-state index contributed by atoms with van der Waals surface area (Å²) in [4.78, 5) is 0. The first-order valence-corrected chi connectivity index (χ1v) is 6.07. The molecule has 0 aliphatic carbocycles. The lowest BCUT2D eigenvalue weighted by molar-refractivity contribution is 0.385. The largest absolute Gasteiger partial charge is 0.494 e. The van der Waals surface area contributed by atoms with Crippen molar-refractivity contribution in [3.8, 4) is 5.75 Å². The van der Waals surface area contributed by atoms with Crippen molar-refractivity contribution < 1.29 is 9.13 Å². The quantitative estimate of drug-likeness (QED) is 0.844. The molecule has 0 aromatic heterocycles. The summed E-state index contributed by atoms with van der Waals surface area (Å²) in [6.45, 7) is 3.08. The first-order valence-electron chi connectivity index (χ1n) is 6.07. The van der Waals surface area contributed by atoms with Crippen LogP contribution in [0.4, 0.5) is 10.1 Å². The summed E-state index contributed by atoms with van der Waals surface area (Å²) in [5, 5.41) is 6.62. The molecular weight excluding hydrogens is 219 g/mol. The molecule has 0 saturated carbocycles. The number of rotatable bonds is 4. The zero-order chi connectivity index (χ0) is 12.1. The number of benzene rings is 1. The van der Waals surface area contributed by atoms with E-state index in [9.17, 15) is 4.39 Å². The van der Waals surface area contributed by atoms with Gasteiger partial charge in [0.25, 0.3) is 0 Å². The fraction of sp³-hybridized carbons (Fsp3) is 0.538. The van der Waals surface area contributed by atoms with Crippen molar-refractivity contribution in [2.75, 3.05) is 32.1 Å². The van der Waals surface area contributed by atoms with Gasteiger partial charge in [-0.05, 0) is 44.0 Å². The molecule has 0 radical (unpaired) electrons. The molecule has 0 unspecified atom stereocenters. The molecule has 0 amide bonds. The molecular formula is C13H19FN2O. The highest BCUT2D eigenvalue weighted by Gasteiger charge is 2.12. The lowest BCUT2D eigenvalue weighted by atomic mass is 9.98. The van der Waals surface area contributed by atoms with Crippen LogP contribution in [0.1, 0.15) is 12.8 Å². The Hall–Kier alpha value is -1.29. The van der Waals surface area contributed by atoms with Crippen LogP contribution in [-0.4, -0.2) is 26.7 Å². The average molecular weight is 238 g/mol. The van der Waals surface area contributed by atoms with Crippen molar-refractivity contribution in [1.29, 1.82) is 0 Å². The van der Waals surface area contributed by atoms with Gasteiger partial charge in [-0.15, -0.1) is 0 Å². The van der Waals surface area contributed by atoms with E-state index in [0.717, 1.165) is 25.3 Å². The number of hydrogen-bond donors (Lipinski definition) is 2. The van der Waals surface area contributed by atoms with Gasteiger partial charge in [0.1, 0.15) is 0 Å². The molecule has 2 rings (SSSR count). The summed E-state index contributed by atoms with van der Waals surface area (Å²) >= 11 is 0. The SMILES string of the molecule is COc1ccc(NCC2CCNCC2)cc1F. The second kappa shape index (κ2) is 5.87. The Bertz CT molecular complexity index is 364.